The molecule has 0 spiro atoms. The van der Waals surface area contributed by atoms with Gasteiger partial charge >= 0.3 is 5.97 Å². The quantitative estimate of drug-likeness (QED) is 0.717. The molecule has 1 rings (SSSR count). The Morgan fingerprint density at radius 2 is 1.94 bits per heavy atom. The van der Waals surface area contributed by atoms with Crippen molar-refractivity contribution < 1.29 is 14.6 Å². The number of hydrogen-bond donors (Lipinski definition) is 1. The Morgan fingerprint density at radius 3 is 2.50 bits per heavy atom. The molecule has 1 aromatic rings. The lowest BCUT2D eigenvalue weighted by Crippen LogP contribution is -2.07. The van der Waals surface area contributed by atoms with Crippen LogP contribution in [0.5, 0.6) is 0 Å². The maximum absolute atomic E-state index is 10.8. The van der Waals surface area contributed by atoms with E-state index in [0.29, 0.717) is 6.61 Å². The van der Waals surface area contributed by atoms with Crippen LogP contribution in [0.3, 0.4) is 0 Å². The first-order chi connectivity index (χ1) is 8.65. The van der Waals surface area contributed by atoms with E-state index in [-0.39, 0.29) is 0 Å². The van der Waals surface area contributed by atoms with Gasteiger partial charge in [0, 0.05) is 6.61 Å². The molecule has 0 radical (unpaired) electrons. The monoisotopic (exact) mass is 250 g/mol. The number of carboxylic acids is 1. The number of hydrogen-bond acceptors (Lipinski definition) is 2. The molecule has 0 bridgehead atoms. The van der Waals surface area contributed by atoms with Gasteiger partial charge in [-0.3, -0.25) is 4.79 Å². The first-order valence-electron chi connectivity index (χ1n) is 6.54. The average Bonchev–Trinajstić information content (AvgIpc) is 2.38. The van der Waals surface area contributed by atoms with Crippen LogP contribution in [-0.4, -0.2) is 17.7 Å². The van der Waals surface area contributed by atoms with Crippen molar-refractivity contribution in [2.45, 2.75) is 45.6 Å². The summed E-state index contributed by atoms with van der Waals surface area (Å²) >= 11 is 0. The van der Waals surface area contributed by atoms with Crippen LogP contribution in [0.15, 0.2) is 24.3 Å². The highest BCUT2D eigenvalue weighted by Crippen LogP contribution is 2.16. The second-order valence-corrected chi connectivity index (χ2v) is 4.56. The van der Waals surface area contributed by atoms with Crippen molar-refractivity contribution >= 4 is 5.97 Å². The molecule has 0 aliphatic carbocycles. The maximum Gasteiger partial charge on any atom is 0.310 e. The van der Waals surface area contributed by atoms with Gasteiger partial charge < -0.3 is 9.84 Å². The van der Waals surface area contributed by atoms with Gasteiger partial charge in [-0.15, -0.1) is 0 Å². The summed E-state index contributed by atoms with van der Waals surface area (Å²) in [6.07, 6.45) is 3.50. The lowest BCUT2D eigenvalue weighted by atomic mass is 10.0. The number of carboxylic acid groups (broad SMARTS) is 1. The van der Waals surface area contributed by atoms with Crippen molar-refractivity contribution in [1.82, 2.24) is 0 Å². The minimum Gasteiger partial charge on any atom is -0.481 e. The summed E-state index contributed by atoms with van der Waals surface area (Å²) in [5.41, 5.74) is 1.92. The number of rotatable bonds is 8. The molecular formula is C15H22O3. The molecule has 0 aliphatic heterocycles. The SMILES string of the molecule is CCCCCOCc1ccc(C(C)C(=O)O)cc1. The van der Waals surface area contributed by atoms with Gasteiger partial charge in [0.25, 0.3) is 0 Å². The van der Waals surface area contributed by atoms with Gasteiger partial charge in [0.2, 0.25) is 0 Å². The number of unbranched alkanes of at least 4 members (excludes halogenated alkanes) is 2. The van der Waals surface area contributed by atoms with Crippen LogP contribution in [0.2, 0.25) is 0 Å². The van der Waals surface area contributed by atoms with Crippen molar-refractivity contribution in [3.8, 4) is 0 Å². The zero-order valence-corrected chi connectivity index (χ0v) is 11.2. The summed E-state index contributed by atoms with van der Waals surface area (Å²) in [5, 5.41) is 8.90. The first-order valence-corrected chi connectivity index (χ1v) is 6.54. The minimum atomic E-state index is -0.793. The molecule has 0 saturated carbocycles. The van der Waals surface area contributed by atoms with Crippen molar-refractivity contribution in [2.24, 2.45) is 0 Å². The Bertz CT molecular complexity index is 357. The lowest BCUT2D eigenvalue weighted by molar-refractivity contribution is -0.138. The van der Waals surface area contributed by atoms with Gasteiger partial charge in [0.05, 0.1) is 12.5 Å². The average molecular weight is 250 g/mol. The lowest BCUT2D eigenvalue weighted by Gasteiger charge is -2.08. The van der Waals surface area contributed by atoms with Crippen LogP contribution in [-0.2, 0) is 16.1 Å². The van der Waals surface area contributed by atoms with E-state index in [1.54, 1.807) is 6.92 Å². The number of benzene rings is 1. The first kappa shape index (κ1) is 14.7. The van der Waals surface area contributed by atoms with Crippen LogP contribution < -0.4 is 0 Å². The third-order valence-corrected chi connectivity index (χ3v) is 3.01. The normalized spacial score (nSPS) is 12.3. The highest BCUT2D eigenvalue weighted by Gasteiger charge is 2.12. The second kappa shape index (κ2) is 7.88. The molecule has 0 heterocycles. The third-order valence-electron chi connectivity index (χ3n) is 3.01. The predicted octanol–water partition coefficient (Wildman–Crippen LogP) is 3.58. The molecule has 1 aromatic carbocycles. The summed E-state index contributed by atoms with van der Waals surface area (Å²) in [4.78, 5) is 10.8. The van der Waals surface area contributed by atoms with Crippen LogP contribution in [0.25, 0.3) is 0 Å². The largest absolute Gasteiger partial charge is 0.481 e. The molecule has 0 amide bonds. The van der Waals surface area contributed by atoms with Gasteiger partial charge in [0.1, 0.15) is 0 Å². The van der Waals surface area contributed by atoms with E-state index in [1.807, 2.05) is 24.3 Å². The van der Waals surface area contributed by atoms with Crippen LogP contribution in [0.4, 0.5) is 0 Å². The number of aliphatic carboxylic acids is 1. The van der Waals surface area contributed by atoms with Gasteiger partial charge in [-0.1, -0.05) is 44.0 Å². The maximum atomic E-state index is 10.8. The summed E-state index contributed by atoms with van der Waals surface area (Å²) in [7, 11) is 0. The topological polar surface area (TPSA) is 46.5 Å². The van der Waals surface area contributed by atoms with E-state index in [2.05, 4.69) is 6.92 Å². The molecule has 1 unspecified atom stereocenters. The molecule has 0 fully saturated rings. The number of ether oxygens (including phenoxy) is 1. The minimum absolute atomic E-state index is 0.454. The predicted molar refractivity (Wildman–Crippen MR) is 71.7 cm³/mol. The van der Waals surface area contributed by atoms with Crippen molar-refractivity contribution in [3.63, 3.8) is 0 Å². The fourth-order valence-corrected chi connectivity index (χ4v) is 1.69. The van der Waals surface area contributed by atoms with Crippen molar-refractivity contribution in [2.75, 3.05) is 6.61 Å². The summed E-state index contributed by atoms with van der Waals surface area (Å²) in [5.74, 6) is -1.25. The highest BCUT2D eigenvalue weighted by atomic mass is 16.5. The van der Waals surface area contributed by atoms with E-state index in [0.717, 1.165) is 24.2 Å². The van der Waals surface area contributed by atoms with Crippen molar-refractivity contribution in [3.05, 3.63) is 35.4 Å². The second-order valence-electron chi connectivity index (χ2n) is 4.56. The molecular weight excluding hydrogens is 228 g/mol. The van der Waals surface area contributed by atoms with Crippen LogP contribution >= 0.6 is 0 Å². The van der Waals surface area contributed by atoms with Crippen LogP contribution in [0, 0.1) is 0 Å². The van der Waals surface area contributed by atoms with E-state index in [1.165, 1.54) is 12.8 Å². The van der Waals surface area contributed by atoms with Gasteiger partial charge in [-0.05, 0) is 24.5 Å². The van der Waals surface area contributed by atoms with E-state index >= 15 is 0 Å². The summed E-state index contributed by atoms with van der Waals surface area (Å²) in [6, 6.07) is 7.61. The van der Waals surface area contributed by atoms with E-state index in [4.69, 9.17) is 9.84 Å². The van der Waals surface area contributed by atoms with Crippen LogP contribution in [0.1, 0.15) is 50.2 Å². The Labute approximate surface area is 109 Å². The Hall–Kier alpha value is -1.35. The van der Waals surface area contributed by atoms with Gasteiger partial charge in [-0.25, -0.2) is 0 Å². The van der Waals surface area contributed by atoms with E-state index < -0.39 is 11.9 Å². The molecule has 0 aromatic heterocycles. The molecule has 0 saturated heterocycles. The molecule has 1 N–H and O–H groups in total. The fourth-order valence-electron chi connectivity index (χ4n) is 1.69. The Morgan fingerprint density at radius 1 is 1.28 bits per heavy atom. The standard InChI is InChI=1S/C15H22O3/c1-3-4-5-10-18-11-13-6-8-14(9-7-13)12(2)15(16)17/h6-9,12H,3-5,10-11H2,1-2H3,(H,16,17). The Balaban J connectivity index is 2.38. The Kier molecular flexibility index (Phi) is 6.44. The smallest absolute Gasteiger partial charge is 0.310 e. The van der Waals surface area contributed by atoms with Gasteiger partial charge in [0.15, 0.2) is 0 Å². The summed E-state index contributed by atoms with van der Waals surface area (Å²) < 4.78 is 5.55. The molecule has 3 heteroatoms. The number of carbonyl (C=O) groups is 1. The zero-order valence-electron chi connectivity index (χ0n) is 11.2. The summed E-state index contributed by atoms with van der Waals surface area (Å²) in [6.45, 7) is 5.26. The fraction of sp³-hybridized carbons (Fsp3) is 0.533. The van der Waals surface area contributed by atoms with Gasteiger partial charge in [-0.2, -0.15) is 0 Å². The zero-order chi connectivity index (χ0) is 13.4. The highest BCUT2D eigenvalue weighted by molar-refractivity contribution is 5.75. The molecule has 100 valence electrons. The molecule has 1 atom stereocenters. The van der Waals surface area contributed by atoms with Crippen molar-refractivity contribution in [1.29, 1.82) is 0 Å². The molecule has 18 heavy (non-hydrogen) atoms. The molecule has 0 aliphatic rings. The molecule has 3 nitrogen and oxygen atoms in total. The third kappa shape index (κ3) is 4.88. The van der Waals surface area contributed by atoms with E-state index in [9.17, 15) is 4.79 Å².